The van der Waals surface area contributed by atoms with E-state index in [1.54, 1.807) is 0 Å². The molecule has 1 N–H and O–H groups in total. The molecule has 2 nitrogen and oxygen atoms in total. The first-order chi connectivity index (χ1) is 11.8. The second kappa shape index (κ2) is 6.25. The molecule has 0 atom stereocenters. The van der Waals surface area contributed by atoms with Gasteiger partial charge >= 0.3 is 0 Å². The van der Waals surface area contributed by atoms with E-state index in [9.17, 15) is 4.39 Å². The van der Waals surface area contributed by atoms with Crippen molar-refractivity contribution in [2.45, 2.75) is 26.4 Å². The second-order valence-corrected chi connectivity index (χ2v) is 6.28. The maximum absolute atomic E-state index is 13.2. The molecule has 0 unspecified atom stereocenters. The zero-order chi connectivity index (χ0) is 16.5. The molecule has 0 radical (unpaired) electrons. The summed E-state index contributed by atoms with van der Waals surface area (Å²) >= 11 is 0. The molecular formula is C21H21FN2. The van der Waals surface area contributed by atoms with Crippen molar-refractivity contribution in [3.8, 4) is 0 Å². The molecular weight excluding hydrogens is 299 g/mol. The molecule has 0 saturated carbocycles. The third-order valence-electron chi connectivity index (χ3n) is 4.93. The van der Waals surface area contributed by atoms with Gasteiger partial charge in [-0.1, -0.05) is 36.4 Å². The molecule has 0 aliphatic carbocycles. The quantitative estimate of drug-likeness (QED) is 0.750. The molecule has 0 saturated heterocycles. The zero-order valence-corrected chi connectivity index (χ0v) is 13.8. The molecule has 0 spiro atoms. The van der Waals surface area contributed by atoms with Crippen molar-refractivity contribution in [3.05, 3.63) is 77.2 Å². The van der Waals surface area contributed by atoms with Crippen molar-refractivity contribution in [3.63, 3.8) is 0 Å². The largest absolute Gasteiger partial charge is 0.340 e. The first-order valence-electron chi connectivity index (χ1n) is 8.48. The number of nitrogens with zero attached hydrogens (tertiary/aromatic N) is 1. The highest BCUT2D eigenvalue weighted by Crippen LogP contribution is 2.30. The van der Waals surface area contributed by atoms with Crippen LogP contribution in [-0.2, 0) is 19.5 Å². The Morgan fingerprint density at radius 2 is 1.96 bits per heavy atom. The highest BCUT2D eigenvalue weighted by atomic mass is 19.1. The molecule has 3 heteroatoms. The van der Waals surface area contributed by atoms with Gasteiger partial charge in [0.1, 0.15) is 5.82 Å². The number of allylic oxidation sites excluding steroid dienone is 2. The number of benzene rings is 2. The Kier molecular flexibility index (Phi) is 3.95. The molecule has 4 rings (SSSR count). The molecule has 0 bridgehead atoms. The summed E-state index contributed by atoms with van der Waals surface area (Å²) in [5, 5.41) is 4.82. The Morgan fingerprint density at radius 3 is 2.75 bits per heavy atom. The number of nitrogens with one attached hydrogen (secondary N) is 1. The molecule has 1 aliphatic rings. The van der Waals surface area contributed by atoms with E-state index in [1.165, 1.54) is 39.9 Å². The minimum atomic E-state index is -0.191. The summed E-state index contributed by atoms with van der Waals surface area (Å²) in [6.45, 7) is 4.83. The van der Waals surface area contributed by atoms with Crippen molar-refractivity contribution in [2.75, 3.05) is 6.54 Å². The van der Waals surface area contributed by atoms with E-state index < -0.39 is 0 Å². The topological polar surface area (TPSA) is 17.0 Å². The molecule has 122 valence electrons. The lowest BCUT2D eigenvalue weighted by atomic mass is 10.0. The van der Waals surface area contributed by atoms with Crippen LogP contribution in [0.1, 0.15) is 23.7 Å². The molecule has 2 heterocycles. The van der Waals surface area contributed by atoms with Crippen LogP contribution in [-0.4, -0.2) is 11.1 Å². The molecule has 1 aliphatic heterocycles. The molecule has 2 aromatic carbocycles. The first kappa shape index (κ1) is 15.2. The van der Waals surface area contributed by atoms with Crippen molar-refractivity contribution in [2.24, 2.45) is 0 Å². The van der Waals surface area contributed by atoms with Crippen LogP contribution in [0, 0.1) is 5.82 Å². The smallest absolute Gasteiger partial charge is 0.123 e. The summed E-state index contributed by atoms with van der Waals surface area (Å²) in [5.41, 5.74) is 6.44. The number of rotatable bonds is 3. The van der Waals surface area contributed by atoms with Gasteiger partial charge in [-0.25, -0.2) is 4.39 Å². The third kappa shape index (κ3) is 2.55. The Hall–Kier alpha value is -2.39. The van der Waals surface area contributed by atoms with Gasteiger partial charge in [-0.2, -0.15) is 0 Å². The monoisotopic (exact) mass is 320 g/mol. The molecule has 1 aromatic heterocycles. The predicted octanol–water partition coefficient (Wildman–Crippen LogP) is 4.53. The summed E-state index contributed by atoms with van der Waals surface area (Å²) in [6.07, 6.45) is 3.18. The van der Waals surface area contributed by atoms with E-state index in [1.807, 2.05) is 12.1 Å². The van der Waals surface area contributed by atoms with Crippen LogP contribution in [0.25, 0.3) is 16.5 Å². The Morgan fingerprint density at radius 1 is 1.17 bits per heavy atom. The summed E-state index contributed by atoms with van der Waals surface area (Å²) in [6, 6.07) is 15.4. The van der Waals surface area contributed by atoms with Crippen LogP contribution in [0.5, 0.6) is 0 Å². The first-order valence-corrected chi connectivity index (χ1v) is 8.48. The number of aromatic nitrogens is 1. The van der Waals surface area contributed by atoms with Crippen molar-refractivity contribution >= 4 is 16.5 Å². The van der Waals surface area contributed by atoms with Gasteiger partial charge in [0.2, 0.25) is 0 Å². The van der Waals surface area contributed by atoms with Gasteiger partial charge in [-0.05, 0) is 41.8 Å². The van der Waals surface area contributed by atoms with E-state index >= 15 is 0 Å². The van der Waals surface area contributed by atoms with Crippen LogP contribution in [0.2, 0.25) is 0 Å². The van der Waals surface area contributed by atoms with E-state index in [4.69, 9.17) is 0 Å². The van der Waals surface area contributed by atoms with Gasteiger partial charge in [0.15, 0.2) is 0 Å². The highest BCUT2D eigenvalue weighted by molar-refractivity contribution is 5.86. The van der Waals surface area contributed by atoms with Crippen LogP contribution >= 0.6 is 0 Å². The maximum Gasteiger partial charge on any atom is 0.123 e. The summed E-state index contributed by atoms with van der Waals surface area (Å²) in [4.78, 5) is 0. The average molecular weight is 320 g/mol. The molecule has 3 aromatic rings. The fourth-order valence-corrected chi connectivity index (χ4v) is 3.70. The zero-order valence-electron chi connectivity index (χ0n) is 13.8. The Balaban J connectivity index is 1.80. The molecule has 24 heavy (non-hydrogen) atoms. The van der Waals surface area contributed by atoms with Crippen LogP contribution < -0.4 is 5.32 Å². The van der Waals surface area contributed by atoms with Gasteiger partial charge in [-0.3, -0.25) is 0 Å². The minimum Gasteiger partial charge on any atom is -0.340 e. The number of para-hydroxylation sites is 1. The normalized spacial score (nSPS) is 14.8. The highest BCUT2D eigenvalue weighted by Gasteiger charge is 2.20. The average Bonchev–Trinajstić information content (AvgIpc) is 2.95. The number of fused-ring (bicyclic) bond motifs is 3. The van der Waals surface area contributed by atoms with Gasteiger partial charge in [0, 0.05) is 42.7 Å². The van der Waals surface area contributed by atoms with Gasteiger partial charge in [0.05, 0.1) is 0 Å². The fourth-order valence-electron chi connectivity index (χ4n) is 3.70. The second-order valence-electron chi connectivity index (χ2n) is 6.28. The van der Waals surface area contributed by atoms with Gasteiger partial charge in [0.25, 0.3) is 0 Å². The van der Waals surface area contributed by atoms with Crippen LogP contribution in [0.4, 0.5) is 4.39 Å². The lowest BCUT2D eigenvalue weighted by Gasteiger charge is -2.18. The minimum absolute atomic E-state index is 0.191. The molecule has 0 amide bonds. The van der Waals surface area contributed by atoms with E-state index in [0.717, 1.165) is 31.6 Å². The summed E-state index contributed by atoms with van der Waals surface area (Å²) in [5.74, 6) is -0.191. The standard InChI is InChI=1S/C21H21FN2/c1-2-15(16-7-9-17(22)10-8-16)14-24-20-6-4-3-5-18(20)19-13-23-12-11-21(19)24/h2-10,23H,11-14H2,1H3. The summed E-state index contributed by atoms with van der Waals surface area (Å²) < 4.78 is 15.7. The van der Waals surface area contributed by atoms with E-state index in [0.29, 0.717) is 0 Å². The van der Waals surface area contributed by atoms with E-state index in [2.05, 4.69) is 47.1 Å². The number of halogens is 1. The van der Waals surface area contributed by atoms with Crippen molar-refractivity contribution in [1.29, 1.82) is 0 Å². The van der Waals surface area contributed by atoms with Crippen molar-refractivity contribution < 1.29 is 4.39 Å². The molecule has 0 fully saturated rings. The van der Waals surface area contributed by atoms with Crippen LogP contribution in [0.15, 0.2) is 54.6 Å². The predicted molar refractivity (Wildman–Crippen MR) is 97.4 cm³/mol. The summed E-state index contributed by atoms with van der Waals surface area (Å²) in [7, 11) is 0. The lowest BCUT2D eigenvalue weighted by Crippen LogP contribution is -2.24. The Labute approximate surface area is 141 Å². The third-order valence-corrected chi connectivity index (χ3v) is 4.93. The fraction of sp³-hybridized carbons (Fsp3) is 0.238. The SMILES string of the molecule is CC=C(Cn1c2c(c3ccccc31)CNCC2)c1ccc(F)cc1. The van der Waals surface area contributed by atoms with Crippen LogP contribution in [0.3, 0.4) is 0 Å². The maximum atomic E-state index is 13.2. The van der Waals surface area contributed by atoms with Gasteiger partial charge in [-0.15, -0.1) is 0 Å². The lowest BCUT2D eigenvalue weighted by molar-refractivity contribution is 0.615. The number of hydrogen-bond donors (Lipinski definition) is 1. The van der Waals surface area contributed by atoms with Crippen molar-refractivity contribution in [1.82, 2.24) is 9.88 Å². The van der Waals surface area contributed by atoms with Gasteiger partial charge < -0.3 is 9.88 Å². The number of hydrogen-bond acceptors (Lipinski definition) is 1. The van der Waals surface area contributed by atoms with E-state index in [-0.39, 0.29) is 5.82 Å². The Bertz CT molecular complexity index is 903.